The largest absolute Gasteiger partial charge is 0.369 e. The lowest BCUT2D eigenvalue weighted by molar-refractivity contribution is 0.340. The molecular weight excluding hydrogens is 206 g/mol. The second-order valence-corrected chi connectivity index (χ2v) is 3.85. The molecule has 84 valence electrons. The summed E-state index contributed by atoms with van der Waals surface area (Å²) in [5.74, 6) is -1.35. The monoisotopic (exact) mass is 219 g/mol. The van der Waals surface area contributed by atoms with Gasteiger partial charge in [-0.05, 0) is 19.1 Å². The summed E-state index contributed by atoms with van der Waals surface area (Å²) in [6.45, 7) is 1.49. The van der Waals surface area contributed by atoms with Crippen LogP contribution in [-0.4, -0.2) is 9.55 Å². The maximum absolute atomic E-state index is 12.1. The van der Waals surface area contributed by atoms with Crippen LogP contribution in [0.5, 0.6) is 0 Å². The molecule has 0 saturated heterocycles. The lowest BCUT2D eigenvalue weighted by Crippen LogP contribution is -2.54. The van der Waals surface area contributed by atoms with E-state index in [0.29, 0.717) is 10.9 Å². The number of hydrogen-bond donors (Lipinski definition) is 3. The normalized spacial score (nSPS) is 11.9. The van der Waals surface area contributed by atoms with E-state index in [1.807, 2.05) is 0 Å². The molecule has 6 N–H and O–H groups in total. The van der Waals surface area contributed by atoms with Crippen molar-refractivity contribution in [3.05, 3.63) is 34.6 Å². The number of fused-ring (bicyclic) bond motifs is 1. The molecule has 0 saturated carbocycles. The first-order valence-corrected chi connectivity index (χ1v) is 4.77. The predicted molar refractivity (Wildman–Crippen MR) is 62.4 cm³/mol. The molecule has 0 fully saturated rings. The summed E-state index contributed by atoms with van der Waals surface area (Å²) in [7, 11) is 0. The third kappa shape index (κ3) is 1.54. The Morgan fingerprint density at radius 1 is 1.31 bits per heavy atom. The van der Waals surface area contributed by atoms with E-state index >= 15 is 0 Å². The highest BCUT2D eigenvalue weighted by Crippen LogP contribution is 2.11. The van der Waals surface area contributed by atoms with Crippen LogP contribution in [0.3, 0.4) is 0 Å². The highest BCUT2D eigenvalue weighted by molar-refractivity contribution is 5.78. The first-order chi connectivity index (χ1) is 7.41. The van der Waals surface area contributed by atoms with E-state index in [9.17, 15) is 4.79 Å². The predicted octanol–water partition coefficient (Wildman–Crippen LogP) is -0.474. The zero-order valence-corrected chi connectivity index (χ0v) is 8.84. The zero-order valence-electron chi connectivity index (χ0n) is 8.84. The van der Waals surface area contributed by atoms with Crippen molar-refractivity contribution in [3.8, 4) is 0 Å². The number of nitrogen functional groups attached to an aromatic ring is 1. The van der Waals surface area contributed by atoms with E-state index in [1.54, 1.807) is 24.3 Å². The second-order valence-electron chi connectivity index (χ2n) is 3.85. The molecule has 0 bridgehead atoms. The SMILES string of the molecule is CC(N)(N)n1c(N)nc2ccccc2c1=O. The van der Waals surface area contributed by atoms with Crippen LogP contribution in [-0.2, 0) is 5.79 Å². The Balaban J connectivity index is 2.92. The van der Waals surface area contributed by atoms with Crippen LogP contribution in [0.2, 0.25) is 0 Å². The summed E-state index contributed by atoms with van der Waals surface area (Å²) in [5, 5.41) is 0.443. The van der Waals surface area contributed by atoms with Crippen molar-refractivity contribution >= 4 is 16.9 Å². The molecule has 0 spiro atoms. The summed E-state index contributed by atoms with van der Waals surface area (Å²) >= 11 is 0. The van der Waals surface area contributed by atoms with Gasteiger partial charge in [-0.1, -0.05) is 12.1 Å². The second kappa shape index (κ2) is 3.29. The van der Waals surface area contributed by atoms with Gasteiger partial charge in [-0.15, -0.1) is 0 Å². The number of aromatic nitrogens is 2. The maximum atomic E-state index is 12.1. The van der Waals surface area contributed by atoms with Crippen LogP contribution in [0.15, 0.2) is 29.1 Å². The maximum Gasteiger partial charge on any atom is 0.265 e. The number of nitrogens with zero attached hydrogens (tertiary/aromatic N) is 2. The van der Waals surface area contributed by atoms with Gasteiger partial charge in [0.2, 0.25) is 5.95 Å². The van der Waals surface area contributed by atoms with Gasteiger partial charge in [0.1, 0.15) is 5.79 Å². The van der Waals surface area contributed by atoms with Gasteiger partial charge >= 0.3 is 0 Å². The molecule has 0 atom stereocenters. The molecule has 1 aromatic heterocycles. The number of hydrogen-bond acceptors (Lipinski definition) is 5. The van der Waals surface area contributed by atoms with Crippen molar-refractivity contribution in [2.24, 2.45) is 11.5 Å². The van der Waals surface area contributed by atoms with Gasteiger partial charge < -0.3 is 5.73 Å². The Bertz CT molecular complexity index is 596. The summed E-state index contributed by atoms with van der Waals surface area (Å²) in [6, 6.07) is 6.90. The average Bonchev–Trinajstić information content (AvgIpc) is 2.15. The van der Waals surface area contributed by atoms with Crippen molar-refractivity contribution in [1.82, 2.24) is 9.55 Å². The van der Waals surface area contributed by atoms with Crippen LogP contribution in [0.4, 0.5) is 5.95 Å². The fraction of sp³-hybridized carbons (Fsp3) is 0.200. The lowest BCUT2D eigenvalue weighted by atomic mass is 10.2. The molecule has 0 aliphatic carbocycles. The molecule has 0 unspecified atom stereocenters. The summed E-state index contributed by atoms with van der Waals surface area (Å²) in [6.07, 6.45) is 0. The van der Waals surface area contributed by atoms with Gasteiger partial charge in [0.15, 0.2) is 0 Å². The lowest BCUT2D eigenvalue weighted by Gasteiger charge is -2.23. The molecule has 1 heterocycles. The average molecular weight is 219 g/mol. The Hall–Kier alpha value is -1.92. The third-order valence-electron chi connectivity index (χ3n) is 2.28. The van der Waals surface area contributed by atoms with Crippen LogP contribution >= 0.6 is 0 Å². The molecule has 16 heavy (non-hydrogen) atoms. The zero-order chi connectivity index (χ0) is 11.9. The molecule has 6 heteroatoms. The minimum absolute atomic E-state index is 0.0104. The number of rotatable bonds is 1. The van der Waals surface area contributed by atoms with Crippen LogP contribution in [0.25, 0.3) is 10.9 Å². The van der Waals surface area contributed by atoms with E-state index in [1.165, 1.54) is 6.92 Å². The molecule has 0 radical (unpaired) electrons. The Morgan fingerprint density at radius 2 is 1.94 bits per heavy atom. The molecule has 1 aromatic carbocycles. The van der Waals surface area contributed by atoms with Gasteiger partial charge in [-0.25, -0.2) is 9.55 Å². The van der Waals surface area contributed by atoms with E-state index < -0.39 is 5.79 Å². The molecule has 0 aliphatic heterocycles. The Labute approximate surface area is 91.7 Å². The van der Waals surface area contributed by atoms with E-state index in [4.69, 9.17) is 17.2 Å². The van der Waals surface area contributed by atoms with Gasteiger partial charge in [-0.2, -0.15) is 0 Å². The number of anilines is 1. The quantitative estimate of drug-likeness (QED) is 0.561. The molecule has 2 aromatic rings. The van der Waals surface area contributed by atoms with E-state index in [0.717, 1.165) is 4.57 Å². The van der Waals surface area contributed by atoms with Crippen LogP contribution < -0.4 is 22.8 Å². The third-order valence-corrected chi connectivity index (χ3v) is 2.28. The molecule has 0 aliphatic rings. The summed E-state index contributed by atoms with van der Waals surface area (Å²) in [4.78, 5) is 16.2. The van der Waals surface area contributed by atoms with Crippen LogP contribution in [0.1, 0.15) is 6.92 Å². The van der Waals surface area contributed by atoms with Gasteiger partial charge in [-0.3, -0.25) is 16.3 Å². The molecular formula is C10H13N5O. The fourth-order valence-electron chi connectivity index (χ4n) is 1.62. The first-order valence-electron chi connectivity index (χ1n) is 4.77. The Morgan fingerprint density at radius 3 is 2.56 bits per heavy atom. The summed E-state index contributed by atoms with van der Waals surface area (Å²) in [5.41, 5.74) is 17.2. The van der Waals surface area contributed by atoms with Gasteiger partial charge in [0.25, 0.3) is 5.56 Å². The van der Waals surface area contributed by atoms with Crippen LogP contribution in [0, 0.1) is 0 Å². The van der Waals surface area contributed by atoms with Crippen molar-refractivity contribution in [2.45, 2.75) is 12.7 Å². The van der Waals surface area contributed by atoms with Gasteiger partial charge in [0.05, 0.1) is 10.9 Å². The molecule has 6 nitrogen and oxygen atoms in total. The molecule has 2 rings (SSSR count). The fourth-order valence-corrected chi connectivity index (χ4v) is 1.62. The minimum atomic E-state index is -1.36. The van der Waals surface area contributed by atoms with Crippen molar-refractivity contribution in [1.29, 1.82) is 0 Å². The number of para-hydroxylation sites is 1. The highest BCUT2D eigenvalue weighted by atomic mass is 16.1. The van der Waals surface area contributed by atoms with Crippen molar-refractivity contribution in [3.63, 3.8) is 0 Å². The van der Waals surface area contributed by atoms with Gasteiger partial charge in [0, 0.05) is 0 Å². The standard InChI is InChI=1S/C10H13N5O/c1-10(12,13)15-8(16)6-4-2-3-5-7(6)14-9(15)11/h2-5H,12-13H2,1H3,(H2,11,14). The van der Waals surface area contributed by atoms with E-state index in [-0.39, 0.29) is 11.5 Å². The van der Waals surface area contributed by atoms with E-state index in [2.05, 4.69) is 4.98 Å². The highest BCUT2D eigenvalue weighted by Gasteiger charge is 2.20. The minimum Gasteiger partial charge on any atom is -0.369 e. The Kier molecular flexibility index (Phi) is 2.18. The number of benzene rings is 1. The van der Waals surface area contributed by atoms with Crippen molar-refractivity contribution in [2.75, 3.05) is 5.73 Å². The smallest absolute Gasteiger partial charge is 0.265 e. The number of nitrogens with two attached hydrogens (primary N) is 3. The topological polar surface area (TPSA) is 113 Å². The first kappa shape index (κ1) is 10.6. The summed E-state index contributed by atoms with van der Waals surface area (Å²) < 4.78 is 1.08. The molecule has 0 amide bonds. The van der Waals surface area contributed by atoms with Crippen molar-refractivity contribution < 1.29 is 0 Å².